The van der Waals surface area contributed by atoms with E-state index in [1.165, 1.54) is 0 Å². The number of carboxylic acids is 1. The number of nitrogens with zero attached hydrogens (tertiary/aromatic N) is 1. The van der Waals surface area contributed by atoms with Crippen LogP contribution in [0.4, 0.5) is 0 Å². The van der Waals surface area contributed by atoms with Crippen LogP contribution < -0.4 is 5.56 Å². The molecule has 0 spiro atoms. The molecule has 3 aromatic rings. The highest BCUT2D eigenvalue weighted by atomic mass is 16.4. The Morgan fingerprint density at radius 2 is 1.45 bits per heavy atom. The van der Waals surface area contributed by atoms with Crippen molar-refractivity contribution >= 4 is 5.97 Å². The molecule has 108 valence electrons. The fourth-order valence-corrected chi connectivity index (χ4v) is 2.35. The lowest BCUT2D eigenvalue weighted by atomic mass is 9.96. The quantitative estimate of drug-likeness (QED) is 0.777. The van der Waals surface area contributed by atoms with Crippen LogP contribution in [0.25, 0.3) is 22.4 Å². The first kappa shape index (κ1) is 13.8. The fourth-order valence-electron chi connectivity index (χ4n) is 2.35. The molecule has 0 unspecified atom stereocenters. The van der Waals surface area contributed by atoms with Gasteiger partial charge in [-0.2, -0.15) is 5.10 Å². The van der Waals surface area contributed by atoms with Gasteiger partial charge >= 0.3 is 5.97 Å². The van der Waals surface area contributed by atoms with E-state index in [1.807, 2.05) is 36.4 Å². The van der Waals surface area contributed by atoms with Gasteiger partial charge in [-0.15, -0.1) is 0 Å². The summed E-state index contributed by atoms with van der Waals surface area (Å²) >= 11 is 0. The van der Waals surface area contributed by atoms with E-state index in [1.54, 1.807) is 24.3 Å². The number of benzene rings is 2. The van der Waals surface area contributed by atoms with E-state index >= 15 is 0 Å². The van der Waals surface area contributed by atoms with Crippen LogP contribution in [-0.4, -0.2) is 21.3 Å². The number of aromatic amines is 1. The van der Waals surface area contributed by atoms with Crippen LogP contribution in [0.15, 0.2) is 65.5 Å². The van der Waals surface area contributed by atoms with Gasteiger partial charge in [-0.05, 0) is 5.56 Å². The number of carbonyl (C=O) groups is 1. The first-order valence-electron chi connectivity index (χ1n) is 6.65. The minimum atomic E-state index is -1.28. The second kappa shape index (κ2) is 5.65. The molecule has 0 aliphatic rings. The first-order valence-corrected chi connectivity index (χ1v) is 6.65. The summed E-state index contributed by atoms with van der Waals surface area (Å²) in [7, 11) is 0. The van der Waals surface area contributed by atoms with Crippen molar-refractivity contribution in [3.05, 3.63) is 76.6 Å². The van der Waals surface area contributed by atoms with E-state index in [0.29, 0.717) is 16.8 Å². The van der Waals surface area contributed by atoms with Gasteiger partial charge in [-0.25, -0.2) is 9.89 Å². The molecular formula is C17H12N2O3. The number of nitrogens with one attached hydrogen (secondary N) is 1. The van der Waals surface area contributed by atoms with Gasteiger partial charge < -0.3 is 5.11 Å². The summed E-state index contributed by atoms with van der Waals surface area (Å²) < 4.78 is 0. The van der Waals surface area contributed by atoms with E-state index in [0.717, 1.165) is 5.56 Å². The molecule has 2 N–H and O–H groups in total. The predicted octanol–water partition coefficient (Wildman–Crippen LogP) is 2.80. The Labute approximate surface area is 125 Å². The molecule has 5 heteroatoms. The van der Waals surface area contributed by atoms with Crippen LogP contribution in [0.5, 0.6) is 0 Å². The highest BCUT2D eigenvalue weighted by Crippen LogP contribution is 2.31. The Balaban J connectivity index is 2.39. The molecule has 0 radical (unpaired) electrons. The number of aromatic nitrogens is 2. The zero-order valence-electron chi connectivity index (χ0n) is 11.5. The van der Waals surface area contributed by atoms with Gasteiger partial charge in [0.05, 0.1) is 5.69 Å². The second-order valence-electron chi connectivity index (χ2n) is 4.69. The van der Waals surface area contributed by atoms with Crippen LogP contribution in [0.2, 0.25) is 0 Å². The maximum absolute atomic E-state index is 11.9. The number of hydrogen-bond acceptors (Lipinski definition) is 3. The third-order valence-corrected chi connectivity index (χ3v) is 3.31. The van der Waals surface area contributed by atoms with Gasteiger partial charge in [0.15, 0.2) is 0 Å². The summed E-state index contributed by atoms with van der Waals surface area (Å²) in [5.74, 6) is -1.28. The molecule has 0 saturated carbocycles. The maximum atomic E-state index is 11.9. The van der Waals surface area contributed by atoms with E-state index < -0.39 is 11.5 Å². The molecule has 3 rings (SSSR count). The van der Waals surface area contributed by atoms with Crippen molar-refractivity contribution in [3.8, 4) is 22.4 Å². The molecule has 0 aliphatic carbocycles. The average Bonchev–Trinajstić information content (AvgIpc) is 2.56. The summed E-state index contributed by atoms with van der Waals surface area (Å²) in [5.41, 5.74) is 1.11. The minimum absolute atomic E-state index is 0.306. The molecule has 5 nitrogen and oxygen atoms in total. The lowest BCUT2D eigenvalue weighted by molar-refractivity contribution is 0.0695. The Bertz CT molecular complexity index is 871. The van der Waals surface area contributed by atoms with Gasteiger partial charge in [-0.1, -0.05) is 60.7 Å². The standard InChI is InChI=1S/C17H12N2O3/c20-16-14(17(21)22)13(11-7-3-1-4-8-11)15(18-19-16)12-9-5-2-6-10-12/h1-10H,(H,19,20)(H,21,22). The van der Waals surface area contributed by atoms with Crippen molar-refractivity contribution in [1.82, 2.24) is 10.2 Å². The number of aromatic carboxylic acids is 1. The minimum Gasteiger partial charge on any atom is -0.477 e. The van der Waals surface area contributed by atoms with Crippen LogP contribution in [0, 0.1) is 0 Å². The van der Waals surface area contributed by atoms with Gasteiger partial charge in [-0.3, -0.25) is 4.79 Å². The van der Waals surface area contributed by atoms with Crippen molar-refractivity contribution in [2.45, 2.75) is 0 Å². The van der Waals surface area contributed by atoms with E-state index in [2.05, 4.69) is 10.2 Å². The molecule has 0 aliphatic heterocycles. The lowest BCUT2D eigenvalue weighted by Crippen LogP contribution is -2.21. The Morgan fingerprint density at radius 3 is 2.00 bits per heavy atom. The highest BCUT2D eigenvalue weighted by molar-refractivity contribution is 5.99. The molecule has 1 aromatic heterocycles. The molecule has 0 amide bonds. The predicted molar refractivity (Wildman–Crippen MR) is 82.7 cm³/mol. The topological polar surface area (TPSA) is 83.0 Å². The summed E-state index contributed by atoms with van der Waals surface area (Å²) in [6, 6.07) is 18.1. The van der Waals surface area contributed by atoms with Gasteiger partial charge in [0, 0.05) is 11.1 Å². The highest BCUT2D eigenvalue weighted by Gasteiger charge is 2.22. The van der Waals surface area contributed by atoms with Crippen molar-refractivity contribution in [1.29, 1.82) is 0 Å². The number of hydrogen-bond donors (Lipinski definition) is 2. The maximum Gasteiger partial charge on any atom is 0.342 e. The number of carboxylic acid groups (broad SMARTS) is 1. The Hall–Kier alpha value is -3.21. The Morgan fingerprint density at radius 1 is 0.909 bits per heavy atom. The molecule has 0 bridgehead atoms. The SMILES string of the molecule is O=C(O)c1c(-c2ccccc2)c(-c2ccccc2)n[nH]c1=O. The Kier molecular flexibility index (Phi) is 3.53. The summed E-state index contributed by atoms with van der Waals surface area (Å²) in [6.45, 7) is 0. The van der Waals surface area contributed by atoms with Gasteiger partial charge in [0.1, 0.15) is 5.56 Å². The zero-order valence-corrected chi connectivity index (χ0v) is 11.5. The zero-order chi connectivity index (χ0) is 15.5. The average molecular weight is 292 g/mol. The number of rotatable bonds is 3. The molecule has 0 fully saturated rings. The van der Waals surface area contributed by atoms with Crippen molar-refractivity contribution in [3.63, 3.8) is 0 Å². The van der Waals surface area contributed by atoms with Crippen LogP contribution >= 0.6 is 0 Å². The molecule has 22 heavy (non-hydrogen) atoms. The van der Waals surface area contributed by atoms with E-state index in [-0.39, 0.29) is 5.56 Å². The summed E-state index contributed by atoms with van der Waals surface area (Å²) in [4.78, 5) is 23.5. The third kappa shape index (κ3) is 2.40. The number of H-pyrrole nitrogens is 1. The summed E-state index contributed by atoms with van der Waals surface area (Å²) in [6.07, 6.45) is 0. The van der Waals surface area contributed by atoms with Gasteiger partial charge in [0.2, 0.25) is 0 Å². The van der Waals surface area contributed by atoms with Crippen molar-refractivity contribution < 1.29 is 9.90 Å². The van der Waals surface area contributed by atoms with Crippen LogP contribution in [-0.2, 0) is 0 Å². The molecule has 2 aromatic carbocycles. The van der Waals surface area contributed by atoms with Gasteiger partial charge in [0.25, 0.3) is 5.56 Å². The normalized spacial score (nSPS) is 10.4. The van der Waals surface area contributed by atoms with Crippen molar-refractivity contribution in [2.75, 3.05) is 0 Å². The fraction of sp³-hybridized carbons (Fsp3) is 0. The molecule has 1 heterocycles. The largest absolute Gasteiger partial charge is 0.477 e. The summed E-state index contributed by atoms with van der Waals surface area (Å²) in [5, 5.41) is 15.8. The molecular weight excluding hydrogens is 280 g/mol. The van der Waals surface area contributed by atoms with E-state index in [9.17, 15) is 14.7 Å². The van der Waals surface area contributed by atoms with Crippen molar-refractivity contribution in [2.24, 2.45) is 0 Å². The van der Waals surface area contributed by atoms with Crippen LogP contribution in [0.1, 0.15) is 10.4 Å². The third-order valence-electron chi connectivity index (χ3n) is 3.31. The molecule has 0 saturated heterocycles. The molecule has 0 atom stereocenters. The van der Waals surface area contributed by atoms with Crippen LogP contribution in [0.3, 0.4) is 0 Å². The smallest absolute Gasteiger partial charge is 0.342 e. The lowest BCUT2D eigenvalue weighted by Gasteiger charge is -2.11. The second-order valence-corrected chi connectivity index (χ2v) is 4.69. The van der Waals surface area contributed by atoms with E-state index in [4.69, 9.17) is 0 Å². The first-order chi connectivity index (χ1) is 10.7. The monoisotopic (exact) mass is 292 g/mol.